The van der Waals surface area contributed by atoms with Gasteiger partial charge in [-0.25, -0.2) is 0 Å². The van der Waals surface area contributed by atoms with Crippen LogP contribution < -0.4 is 5.32 Å². The van der Waals surface area contributed by atoms with Crippen LogP contribution in [0.5, 0.6) is 0 Å². The predicted octanol–water partition coefficient (Wildman–Crippen LogP) is 0.156. The number of nitrogens with one attached hydrogen (secondary N) is 1. The highest BCUT2D eigenvalue weighted by Gasteiger charge is 2.33. The largest absolute Gasteiger partial charge is 0.395 e. The van der Waals surface area contributed by atoms with Gasteiger partial charge in [0, 0.05) is 17.9 Å². The fourth-order valence-electron chi connectivity index (χ4n) is 1.85. The van der Waals surface area contributed by atoms with Crippen molar-refractivity contribution < 1.29 is 10.0 Å². The number of rotatable bonds is 4. The average Bonchev–Trinajstić information content (AvgIpc) is 2.15. The van der Waals surface area contributed by atoms with Gasteiger partial charge in [-0.3, -0.25) is 10.1 Å². The smallest absolute Gasteiger partial charge is 0.228 e. The molecule has 2 atom stereocenters. The number of nitrogens with zero attached hydrogens (tertiary/aromatic N) is 1. The van der Waals surface area contributed by atoms with Crippen LogP contribution in [0.4, 0.5) is 0 Å². The molecular weight excluding hydrogens is 172 g/mol. The van der Waals surface area contributed by atoms with Crippen LogP contribution in [0, 0.1) is 10.1 Å². The fourth-order valence-corrected chi connectivity index (χ4v) is 1.85. The molecule has 2 unspecified atom stereocenters. The molecule has 0 heterocycles. The number of hydrogen-bond donors (Lipinski definition) is 2. The van der Waals surface area contributed by atoms with Gasteiger partial charge in [0.15, 0.2) is 0 Å². The van der Waals surface area contributed by atoms with Gasteiger partial charge in [0.05, 0.1) is 12.6 Å². The van der Waals surface area contributed by atoms with Gasteiger partial charge in [-0.1, -0.05) is 6.42 Å². The van der Waals surface area contributed by atoms with Crippen LogP contribution in [0.3, 0.4) is 0 Å². The summed E-state index contributed by atoms with van der Waals surface area (Å²) in [7, 11) is 0. The van der Waals surface area contributed by atoms with Crippen molar-refractivity contribution in [3.05, 3.63) is 10.1 Å². The Hall–Kier alpha value is -0.680. The zero-order valence-corrected chi connectivity index (χ0v) is 7.61. The number of aliphatic hydroxyl groups excluding tert-OH is 1. The molecule has 0 bridgehead atoms. The first-order chi connectivity index (χ1) is 6.25. The molecule has 0 aromatic rings. The molecule has 1 rings (SSSR count). The van der Waals surface area contributed by atoms with Gasteiger partial charge in [-0.15, -0.1) is 0 Å². The summed E-state index contributed by atoms with van der Waals surface area (Å²) >= 11 is 0. The second-order valence-corrected chi connectivity index (χ2v) is 3.42. The Morgan fingerprint density at radius 2 is 2.15 bits per heavy atom. The Morgan fingerprint density at radius 1 is 1.46 bits per heavy atom. The first-order valence-corrected chi connectivity index (χ1v) is 4.73. The van der Waals surface area contributed by atoms with E-state index in [1.807, 2.05) is 0 Å². The van der Waals surface area contributed by atoms with Crippen LogP contribution in [0.1, 0.15) is 25.7 Å². The molecule has 2 N–H and O–H groups in total. The lowest BCUT2D eigenvalue weighted by atomic mass is 9.91. The molecule has 5 heteroatoms. The minimum Gasteiger partial charge on any atom is -0.395 e. The van der Waals surface area contributed by atoms with Gasteiger partial charge in [0.25, 0.3) is 0 Å². The Morgan fingerprint density at radius 3 is 2.77 bits per heavy atom. The molecule has 76 valence electrons. The second kappa shape index (κ2) is 5.14. The van der Waals surface area contributed by atoms with Crippen LogP contribution in [0.25, 0.3) is 0 Å². The van der Waals surface area contributed by atoms with Crippen LogP contribution in [0.15, 0.2) is 0 Å². The zero-order chi connectivity index (χ0) is 9.68. The van der Waals surface area contributed by atoms with Crippen LogP contribution in [0.2, 0.25) is 0 Å². The first-order valence-electron chi connectivity index (χ1n) is 4.73. The van der Waals surface area contributed by atoms with Gasteiger partial charge < -0.3 is 10.4 Å². The summed E-state index contributed by atoms with van der Waals surface area (Å²) in [5.41, 5.74) is 0. The van der Waals surface area contributed by atoms with Gasteiger partial charge in [-0.05, 0) is 12.8 Å². The quantitative estimate of drug-likeness (QED) is 0.486. The molecule has 0 aliphatic heterocycles. The Bertz CT molecular complexity index is 175. The predicted molar refractivity (Wildman–Crippen MR) is 48.1 cm³/mol. The molecule has 0 aromatic carbocycles. The maximum absolute atomic E-state index is 10.6. The third kappa shape index (κ3) is 2.93. The Kier molecular flexibility index (Phi) is 4.11. The molecule has 13 heavy (non-hydrogen) atoms. The van der Waals surface area contributed by atoms with Crippen molar-refractivity contribution in [1.29, 1.82) is 0 Å². The first kappa shape index (κ1) is 10.4. The molecule has 5 nitrogen and oxygen atoms in total. The van der Waals surface area contributed by atoms with Gasteiger partial charge in [0.1, 0.15) is 0 Å². The Labute approximate surface area is 77.3 Å². The molecule has 0 saturated heterocycles. The van der Waals surface area contributed by atoms with Crippen LogP contribution in [-0.2, 0) is 0 Å². The van der Waals surface area contributed by atoms with Gasteiger partial charge in [0.2, 0.25) is 6.04 Å². The summed E-state index contributed by atoms with van der Waals surface area (Å²) in [5.74, 6) is 0. The minimum atomic E-state index is -0.458. The highest BCUT2D eigenvalue weighted by atomic mass is 16.6. The molecule has 1 aliphatic carbocycles. The summed E-state index contributed by atoms with van der Waals surface area (Å²) < 4.78 is 0. The van der Waals surface area contributed by atoms with Gasteiger partial charge >= 0.3 is 0 Å². The van der Waals surface area contributed by atoms with Crippen molar-refractivity contribution in [2.24, 2.45) is 0 Å². The van der Waals surface area contributed by atoms with E-state index >= 15 is 0 Å². The minimum absolute atomic E-state index is 0.0426. The summed E-state index contributed by atoms with van der Waals surface area (Å²) in [5, 5.41) is 22.2. The lowest BCUT2D eigenvalue weighted by Crippen LogP contribution is -2.47. The van der Waals surface area contributed by atoms with Crippen molar-refractivity contribution >= 4 is 0 Å². The van der Waals surface area contributed by atoms with Crippen molar-refractivity contribution in [3.63, 3.8) is 0 Å². The maximum atomic E-state index is 10.6. The summed E-state index contributed by atoms with van der Waals surface area (Å²) in [6, 6.07) is -0.504. The van der Waals surface area contributed by atoms with E-state index in [1.54, 1.807) is 0 Å². The van der Waals surface area contributed by atoms with Crippen LogP contribution >= 0.6 is 0 Å². The van der Waals surface area contributed by atoms with Crippen molar-refractivity contribution in [2.75, 3.05) is 13.2 Å². The molecular formula is C8H16N2O3. The monoisotopic (exact) mass is 188 g/mol. The third-order valence-electron chi connectivity index (χ3n) is 2.52. The standard InChI is InChI=1S/C8H16N2O3/c11-6-5-9-7-3-1-2-4-8(7)10(12)13/h7-9,11H,1-6H2. The summed E-state index contributed by atoms with van der Waals surface area (Å²) in [4.78, 5) is 10.4. The van der Waals surface area contributed by atoms with E-state index in [0.29, 0.717) is 13.0 Å². The van der Waals surface area contributed by atoms with E-state index in [0.717, 1.165) is 19.3 Å². The number of aliphatic hydroxyl groups is 1. The third-order valence-corrected chi connectivity index (χ3v) is 2.52. The SMILES string of the molecule is O=[N+]([O-])C1CCCCC1NCCO. The lowest BCUT2D eigenvalue weighted by molar-refractivity contribution is -0.530. The van der Waals surface area contributed by atoms with Crippen molar-refractivity contribution in [2.45, 2.75) is 37.8 Å². The molecule has 0 radical (unpaired) electrons. The lowest BCUT2D eigenvalue weighted by Gasteiger charge is -2.25. The summed E-state index contributed by atoms with van der Waals surface area (Å²) in [6.07, 6.45) is 3.51. The summed E-state index contributed by atoms with van der Waals surface area (Å²) in [6.45, 7) is 0.496. The van der Waals surface area contributed by atoms with E-state index in [-0.39, 0.29) is 17.6 Å². The highest BCUT2D eigenvalue weighted by molar-refractivity contribution is 4.80. The number of hydrogen-bond acceptors (Lipinski definition) is 4. The molecule has 0 aromatic heterocycles. The number of nitro groups is 1. The molecule has 0 amide bonds. The maximum Gasteiger partial charge on any atom is 0.228 e. The van der Waals surface area contributed by atoms with E-state index < -0.39 is 6.04 Å². The zero-order valence-electron chi connectivity index (χ0n) is 7.61. The van der Waals surface area contributed by atoms with Gasteiger partial charge in [-0.2, -0.15) is 0 Å². The van der Waals surface area contributed by atoms with E-state index in [1.165, 1.54) is 0 Å². The Balaban J connectivity index is 2.41. The van der Waals surface area contributed by atoms with E-state index in [9.17, 15) is 10.1 Å². The average molecular weight is 188 g/mol. The highest BCUT2D eigenvalue weighted by Crippen LogP contribution is 2.20. The van der Waals surface area contributed by atoms with Crippen molar-refractivity contribution in [3.8, 4) is 0 Å². The van der Waals surface area contributed by atoms with Crippen LogP contribution in [-0.4, -0.2) is 35.3 Å². The molecule has 1 saturated carbocycles. The fraction of sp³-hybridized carbons (Fsp3) is 1.00. The second-order valence-electron chi connectivity index (χ2n) is 3.42. The molecule has 0 spiro atoms. The van der Waals surface area contributed by atoms with E-state index in [4.69, 9.17) is 5.11 Å². The topological polar surface area (TPSA) is 75.4 Å². The van der Waals surface area contributed by atoms with E-state index in [2.05, 4.69) is 5.32 Å². The normalized spacial score (nSPS) is 28.7. The molecule has 1 aliphatic rings. The van der Waals surface area contributed by atoms with Crippen molar-refractivity contribution in [1.82, 2.24) is 5.32 Å². The molecule has 1 fully saturated rings.